The second kappa shape index (κ2) is 5.23. The summed E-state index contributed by atoms with van der Waals surface area (Å²) in [5.41, 5.74) is 0. The van der Waals surface area contributed by atoms with Crippen molar-refractivity contribution in [1.29, 1.82) is 0 Å². The number of nitrogens with zero attached hydrogens (tertiary/aromatic N) is 1. The molecule has 0 amide bonds. The molecule has 0 saturated carbocycles. The molecule has 16 heavy (non-hydrogen) atoms. The number of nitrogens with two attached hydrogens (primary N) is 1. The summed E-state index contributed by atoms with van der Waals surface area (Å²) >= 11 is 1.08. The molecule has 0 unspecified atom stereocenters. The first-order valence-electron chi connectivity index (χ1n) is 4.21. The lowest BCUT2D eigenvalue weighted by Gasteiger charge is -1.99. The minimum Gasteiger partial charge on any atom is -0.465 e. The van der Waals surface area contributed by atoms with Gasteiger partial charge < -0.3 is 10.1 Å². The molecule has 9 heteroatoms. The minimum atomic E-state index is -3.49. The SMILES string of the molecule is COC(=O)c1cnc(NCCS(N)(=O)=O)s1. The number of methoxy groups -OCH3 is 1. The third-order valence-corrected chi connectivity index (χ3v) is 3.26. The number of hydrogen-bond donors (Lipinski definition) is 2. The molecule has 1 heterocycles. The first kappa shape index (κ1) is 12.9. The van der Waals surface area contributed by atoms with Gasteiger partial charge >= 0.3 is 5.97 Å². The van der Waals surface area contributed by atoms with Gasteiger partial charge in [0.2, 0.25) is 10.0 Å². The topological polar surface area (TPSA) is 111 Å². The van der Waals surface area contributed by atoms with Gasteiger partial charge in [0.25, 0.3) is 0 Å². The van der Waals surface area contributed by atoms with Crippen LogP contribution in [0, 0.1) is 0 Å². The molecule has 3 N–H and O–H groups in total. The normalized spacial score (nSPS) is 11.1. The highest BCUT2D eigenvalue weighted by molar-refractivity contribution is 7.89. The van der Waals surface area contributed by atoms with Crippen LogP contribution in [0.15, 0.2) is 6.20 Å². The maximum Gasteiger partial charge on any atom is 0.349 e. The molecule has 0 aliphatic carbocycles. The number of sulfonamides is 1. The maximum atomic E-state index is 11.1. The number of esters is 1. The van der Waals surface area contributed by atoms with Crippen LogP contribution >= 0.6 is 11.3 Å². The van der Waals surface area contributed by atoms with Crippen LogP contribution in [0.5, 0.6) is 0 Å². The summed E-state index contributed by atoms with van der Waals surface area (Å²) in [6.45, 7) is 0.146. The van der Waals surface area contributed by atoms with E-state index in [1.165, 1.54) is 13.3 Å². The third kappa shape index (κ3) is 4.13. The van der Waals surface area contributed by atoms with E-state index in [2.05, 4.69) is 15.0 Å². The zero-order chi connectivity index (χ0) is 12.2. The molecule has 0 fully saturated rings. The average Bonchev–Trinajstić information content (AvgIpc) is 2.63. The molecule has 0 aliphatic heterocycles. The third-order valence-electron chi connectivity index (χ3n) is 1.56. The molecule has 1 rings (SSSR count). The fraction of sp³-hybridized carbons (Fsp3) is 0.429. The Labute approximate surface area is 96.7 Å². The summed E-state index contributed by atoms with van der Waals surface area (Å²) in [6, 6.07) is 0. The van der Waals surface area contributed by atoms with Crippen LogP contribution in [0.2, 0.25) is 0 Å². The molecule has 0 aliphatic rings. The number of rotatable bonds is 5. The van der Waals surface area contributed by atoms with Gasteiger partial charge in [0.1, 0.15) is 4.88 Å². The van der Waals surface area contributed by atoms with Crippen molar-refractivity contribution in [2.75, 3.05) is 24.7 Å². The van der Waals surface area contributed by atoms with Gasteiger partial charge in [-0.25, -0.2) is 23.3 Å². The summed E-state index contributed by atoms with van der Waals surface area (Å²) in [6.07, 6.45) is 1.36. The molecule has 1 aromatic rings. The van der Waals surface area contributed by atoms with Gasteiger partial charge in [-0.1, -0.05) is 11.3 Å². The van der Waals surface area contributed by atoms with Crippen molar-refractivity contribution < 1.29 is 17.9 Å². The Kier molecular flexibility index (Phi) is 4.21. The summed E-state index contributed by atoms with van der Waals surface area (Å²) in [7, 11) is -2.21. The van der Waals surface area contributed by atoms with Gasteiger partial charge in [-0.15, -0.1) is 0 Å². The highest BCUT2D eigenvalue weighted by Crippen LogP contribution is 2.18. The van der Waals surface area contributed by atoms with E-state index in [0.29, 0.717) is 10.0 Å². The van der Waals surface area contributed by atoms with Gasteiger partial charge in [0, 0.05) is 6.54 Å². The first-order chi connectivity index (χ1) is 7.42. The van der Waals surface area contributed by atoms with E-state index < -0.39 is 16.0 Å². The second-order valence-electron chi connectivity index (χ2n) is 2.82. The van der Waals surface area contributed by atoms with Gasteiger partial charge in [0.05, 0.1) is 19.1 Å². The van der Waals surface area contributed by atoms with Gasteiger partial charge in [-0.3, -0.25) is 0 Å². The van der Waals surface area contributed by atoms with Crippen molar-refractivity contribution in [3.05, 3.63) is 11.1 Å². The minimum absolute atomic E-state index is 0.146. The predicted octanol–water partition coefficient (Wildman–Crippen LogP) is -0.370. The Bertz CT molecular complexity index is 468. The number of ether oxygens (including phenoxy) is 1. The van der Waals surface area contributed by atoms with E-state index in [1.54, 1.807) is 0 Å². The van der Waals surface area contributed by atoms with Crippen molar-refractivity contribution in [3.63, 3.8) is 0 Å². The molecule has 7 nitrogen and oxygen atoms in total. The smallest absolute Gasteiger partial charge is 0.349 e. The van der Waals surface area contributed by atoms with Crippen LogP contribution in [-0.2, 0) is 14.8 Å². The largest absolute Gasteiger partial charge is 0.465 e. The number of anilines is 1. The van der Waals surface area contributed by atoms with Gasteiger partial charge in [-0.2, -0.15) is 0 Å². The van der Waals surface area contributed by atoms with Crippen LogP contribution in [0.4, 0.5) is 5.13 Å². The summed E-state index contributed by atoms with van der Waals surface area (Å²) in [5, 5.41) is 8.00. The molecule has 1 aromatic heterocycles. The molecule has 0 radical (unpaired) electrons. The number of carbonyl (C=O) groups is 1. The number of nitrogens with one attached hydrogen (secondary N) is 1. The number of carbonyl (C=O) groups excluding carboxylic acids is 1. The average molecular weight is 265 g/mol. The standard InChI is InChI=1S/C7H11N3O4S2/c1-14-6(11)5-4-10-7(15-5)9-2-3-16(8,12)13/h4H,2-3H2,1H3,(H,9,10)(H2,8,12,13). The molecule has 90 valence electrons. The lowest BCUT2D eigenvalue weighted by molar-refractivity contribution is 0.0606. The van der Waals surface area contributed by atoms with E-state index in [-0.39, 0.29) is 12.3 Å². The number of aromatic nitrogens is 1. The van der Waals surface area contributed by atoms with E-state index in [0.717, 1.165) is 11.3 Å². The van der Waals surface area contributed by atoms with E-state index >= 15 is 0 Å². The summed E-state index contributed by atoms with van der Waals surface area (Å²) in [5.74, 6) is -0.669. The Hall–Kier alpha value is -1.19. The van der Waals surface area contributed by atoms with Gasteiger partial charge in [-0.05, 0) is 0 Å². The predicted molar refractivity (Wildman–Crippen MR) is 59.9 cm³/mol. The Balaban J connectivity index is 2.50. The van der Waals surface area contributed by atoms with E-state index in [9.17, 15) is 13.2 Å². The molecular weight excluding hydrogens is 254 g/mol. The van der Waals surface area contributed by atoms with Crippen LogP contribution in [0.3, 0.4) is 0 Å². The van der Waals surface area contributed by atoms with Crippen molar-refractivity contribution in [1.82, 2.24) is 4.98 Å². The number of hydrogen-bond acceptors (Lipinski definition) is 7. The highest BCUT2D eigenvalue weighted by Gasteiger charge is 2.10. The summed E-state index contributed by atoms with van der Waals surface area (Å²) in [4.78, 5) is 15.3. The molecule has 0 atom stereocenters. The van der Waals surface area contributed by atoms with Crippen molar-refractivity contribution in [2.24, 2.45) is 5.14 Å². The Morgan fingerprint density at radius 1 is 1.69 bits per heavy atom. The van der Waals surface area contributed by atoms with Crippen LogP contribution in [-0.4, -0.2) is 38.8 Å². The monoisotopic (exact) mass is 265 g/mol. The zero-order valence-electron chi connectivity index (χ0n) is 8.47. The van der Waals surface area contributed by atoms with Crippen LogP contribution in [0.1, 0.15) is 9.67 Å². The lowest BCUT2D eigenvalue weighted by Crippen LogP contribution is -2.22. The molecule has 0 spiro atoms. The molecular formula is C7H11N3O4S2. The van der Waals surface area contributed by atoms with E-state index in [1.807, 2.05) is 0 Å². The fourth-order valence-corrected chi connectivity index (χ4v) is 2.00. The van der Waals surface area contributed by atoms with Crippen molar-refractivity contribution in [3.8, 4) is 0 Å². The number of thiazole rings is 1. The lowest BCUT2D eigenvalue weighted by atomic mass is 10.6. The first-order valence-corrected chi connectivity index (χ1v) is 6.74. The van der Waals surface area contributed by atoms with Crippen molar-refractivity contribution >= 4 is 32.5 Å². The fourth-order valence-electron chi connectivity index (χ4n) is 0.851. The maximum absolute atomic E-state index is 11.1. The second-order valence-corrected chi connectivity index (χ2v) is 5.58. The zero-order valence-corrected chi connectivity index (χ0v) is 10.1. The van der Waals surface area contributed by atoms with Crippen LogP contribution in [0.25, 0.3) is 0 Å². The van der Waals surface area contributed by atoms with Crippen LogP contribution < -0.4 is 10.5 Å². The van der Waals surface area contributed by atoms with Crippen molar-refractivity contribution in [2.45, 2.75) is 0 Å². The van der Waals surface area contributed by atoms with Gasteiger partial charge in [0.15, 0.2) is 5.13 Å². The Morgan fingerprint density at radius 3 is 2.94 bits per heavy atom. The Morgan fingerprint density at radius 2 is 2.38 bits per heavy atom. The summed E-state index contributed by atoms with van der Waals surface area (Å²) < 4.78 is 25.8. The molecule has 0 bridgehead atoms. The molecule has 0 saturated heterocycles. The van der Waals surface area contributed by atoms with E-state index in [4.69, 9.17) is 5.14 Å². The quantitative estimate of drug-likeness (QED) is 0.703. The number of primary sulfonamides is 1. The highest BCUT2D eigenvalue weighted by atomic mass is 32.2. The molecule has 0 aromatic carbocycles.